The van der Waals surface area contributed by atoms with E-state index in [9.17, 15) is 9.59 Å². The average molecular weight is 398 g/mol. The number of anilines is 2. The maximum atomic E-state index is 12.7. The minimum Gasteiger partial charge on any atom is -0.492 e. The van der Waals surface area contributed by atoms with Gasteiger partial charge in [0.15, 0.2) is 0 Å². The van der Waals surface area contributed by atoms with Crippen molar-refractivity contribution in [2.75, 3.05) is 43.7 Å². The molecule has 0 saturated carbocycles. The predicted octanol–water partition coefficient (Wildman–Crippen LogP) is 3.10. The average Bonchev–Trinajstić information content (AvgIpc) is 3.11. The number of nitrogens with one attached hydrogen (secondary N) is 1. The first-order chi connectivity index (χ1) is 14.1. The topological polar surface area (TPSA) is 77.1 Å². The van der Waals surface area contributed by atoms with Gasteiger partial charge in [-0.3, -0.25) is 9.59 Å². The van der Waals surface area contributed by atoms with E-state index in [1.807, 2.05) is 43.3 Å². The van der Waals surface area contributed by atoms with E-state index in [0.717, 1.165) is 0 Å². The number of benzene rings is 2. The maximum Gasteiger partial charge on any atom is 0.229 e. The molecule has 1 fully saturated rings. The van der Waals surface area contributed by atoms with Gasteiger partial charge in [-0.1, -0.05) is 18.2 Å². The first-order valence-corrected chi connectivity index (χ1v) is 9.67. The molecule has 0 radical (unpaired) electrons. The summed E-state index contributed by atoms with van der Waals surface area (Å²) in [5, 5.41) is 2.89. The predicted molar refractivity (Wildman–Crippen MR) is 111 cm³/mol. The lowest BCUT2D eigenvalue weighted by Crippen LogP contribution is -2.28. The van der Waals surface area contributed by atoms with E-state index in [1.54, 1.807) is 24.1 Å². The van der Waals surface area contributed by atoms with Crippen LogP contribution >= 0.6 is 0 Å². The van der Waals surface area contributed by atoms with Crippen LogP contribution in [0.2, 0.25) is 0 Å². The molecule has 0 spiro atoms. The van der Waals surface area contributed by atoms with Crippen LogP contribution in [0.25, 0.3) is 0 Å². The summed E-state index contributed by atoms with van der Waals surface area (Å²) in [4.78, 5) is 26.9. The van der Waals surface area contributed by atoms with Gasteiger partial charge in [-0.25, -0.2) is 0 Å². The van der Waals surface area contributed by atoms with Gasteiger partial charge in [0.1, 0.15) is 18.1 Å². The van der Waals surface area contributed by atoms with Crippen LogP contribution in [0.4, 0.5) is 11.4 Å². The Kier molecular flexibility index (Phi) is 7.08. The summed E-state index contributed by atoms with van der Waals surface area (Å²) in [7, 11) is 1.61. The first-order valence-electron chi connectivity index (χ1n) is 9.67. The van der Waals surface area contributed by atoms with Gasteiger partial charge in [0.25, 0.3) is 0 Å². The molecule has 0 aliphatic carbocycles. The van der Waals surface area contributed by atoms with Crippen LogP contribution in [0.5, 0.6) is 11.5 Å². The molecular formula is C22H26N2O5. The molecule has 7 nitrogen and oxygen atoms in total. The second kappa shape index (κ2) is 9.93. The van der Waals surface area contributed by atoms with Gasteiger partial charge < -0.3 is 24.4 Å². The Morgan fingerprint density at radius 1 is 1.14 bits per heavy atom. The molecule has 1 saturated heterocycles. The number of methoxy groups -OCH3 is 1. The van der Waals surface area contributed by atoms with E-state index in [1.165, 1.54) is 0 Å². The van der Waals surface area contributed by atoms with E-state index in [-0.39, 0.29) is 18.2 Å². The van der Waals surface area contributed by atoms with Crippen molar-refractivity contribution >= 4 is 23.2 Å². The van der Waals surface area contributed by atoms with E-state index in [4.69, 9.17) is 14.2 Å². The fourth-order valence-corrected chi connectivity index (χ4v) is 3.22. The number of nitrogens with zero attached hydrogens (tertiary/aromatic N) is 1. The molecule has 2 aromatic rings. The molecule has 0 aromatic heterocycles. The number of amides is 2. The fourth-order valence-electron chi connectivity index (χ4n) is 3.22. The molecule has 1 heterocycles. The van der Waals surface area contributed by atoms with E-state index in [0.29, 0.717) is 49.2 Å². The number of rotatable bonds is 9. The lowest BCUT2D eigenvalue weighted by molar-refractivity contribution is -0.122. The number of para-hydroxylation sites is 2. The molecule has 7 heteroatoms. The van der Waals surface area contributed by atoms with Gasteiger partial charge in [-0.2, -0.15) is 0 Å². The zero-order valence-corrected chi connectivity index (χ0v) is 16.7. The number of hydrogen-bond donors (Lipinski definition) is 1. The van der Waals surface area contributed by atoms with Gasteiger partial charge in [0.2, 0.25) is 11.8 Å². The van der Waals surface area contributed by atoms with Crippen LogP contribution in [0.1, 0.15) is 13.3 Å². The van der Waals surface area contributed by atoms with E-state index < -0.39 is 5.92 Å². The van der Waals surface area contributed by atoms with Crippen LogP contribution in [0.15, 0.2) is 48.5 Å². The van der Waals surface area contributed by atoms with Gasteiger partial charge in [-0.05, 0) is 31.2 Å². The smallest absolute Gasteiger partial charge is 0.229 e. The van der Waals surface area contributed by atoms with Crippen molar-refractivity contribution in [3.8, 4) is 11.5 Å². The van der Waals surface area contributed by atoms with Crippen LogP contribution in [-0.4, -0.2) is 45.3 Å². The normalized spacial score (nSPS) is 16.0. The monoisotopic (exact) mass is 398 g/mol. The number of carbonyl (C=O) groups excluding carboxylic acids is 2. The zero-order valence-electron chi connectivity index (χ0n) is 16.7. The molecular weight excluding hydrogens is 372 g/mol. The summed E-state index contributed by atoms with van der Waals surface area (Å²) in [5.74, 6) is 0.577. The van der Waals surface area contributed by atoms with Crippen molar-refractivity contribution in [2.45, 2.75) is 13.3 Å². The largest absolute Gasteiger partial charge is 0.492 e. The Hall–Kier alpha value is -3.06. The molecule has 1 atom stereocenters. The standard InChI is InChI=1S/C22H26N2O5/c1-3-28-20-10-5-4-9-19(20)24-15-16(13-21(24)25)22(26)23-17-7-6-8-18(14-17)29-12-11-27-2/h4-10,14,16H,3,11-13,15H2,1-2H3,(H,23,26). The van der Waals surface area contributed by atoms with Crippen molar-refractivity contribution < 1.29 is 23.8 Å². The molecule has 0 bridgehead atoms. The first kappa shape index (κ1) is 20.7. The number of carbonyl (C=O) groups is 2. The quantitative estimate of drug-likeness (QED) is 0.657. The molecule has 2 amide bonds. The molecule has 2 aromatic carbocycles. The van der Waals surface area contributed by atoms with Crippen LogP contribution < -0.4 is 19.7 Å². The highest BCUT2D eigenvalue weighted by Gasteiger charge is 2.36. The minimum atomic E-state index is -0.435. The van der Waals surface area contributed by atoms with E-state index >= 15 is 0 Å². The summed E-state index contributed by atoms with van der Waals surface area (Å²) in [5.41, 5.74) is 1.33. The lowest BCUT2D eigenvalue weighted by atomic mass is 10.1. The third-order valence-electron chi connectivity index (χ3n) is 4.61. The SMILES string of the molecule is CCOc1ccccc1N1CC(C(=O)Nc2cccc(OCCOC)c2)CC1=O. The van der Waals surface area contributed by atoms with Crippen molar-refractivity contribution in [3.63, 3.8) is 0 Å². The Labute approximate surface area is 170 Å². The Bertz CT molecular complexity index is 855. The van der Waals surface area contributed by atoms with Gasteiger partial charge in [0.05, 0.1) is 24.8 Å². The summed E-state index contributed by atoms with van der Waals surface area (Å²) in [6.07, 6.45) is 0.163. The second-order valence-corrected chi connectivity index (χ2v) is 6.66. The Morgan fingerprint density at radius 2 is 1.97 bits per heavy atom. The van der Waals surface area contributed by atoms with Crippen LogP contribution in [0, 0.1) is 5.92 Å². The van der Waals surface area contributed by atoms with Gasteiger partial charge in [-0.15, -0.1) is 0 Å². The summed E-state index contributed by atoms with van der Waals surface area (Å²) in [6, 6.07) is 14.6. The van der Waals surface area contributed by atoms with Gasteiger partial charge >= 0.3 is 0 Å². The molecule has 1 N–H and O–H groups in total. The molecule has 1 aliphatic heterocycles. The van der Waals surface area contributed by atoms with Crippen molar-refractivity contribution in [1.82, 2.24) is 0 Å². The third-order valence-corrected chi connectivity index (χ3v) is 4.61. The minimum absolute atomic E-state index is 0.0889. The maximum absolute atomic E-state index is 12.7. The van der Waals surface area contributed by atoms with Crippen LogP contribution in [-0.2, 0) is 14.3 Å². The third kappa shape index (κ3) is 5.26. The van der Waals surface area contributed by atoms with Crippen molar-refractivity contribution in [1.29, 1.82) is 0 Å². The highest BCUT2D eigenvalue weighted by atomic mass is 16.5. The van der Waals surface area contributed by atoms with E-state index in [2.05, 4.69) is 5.32 Å². The lowest BCUT2D eigenvalue weighted by Gasteiger charge is -2.20. The van der Waals surface area contributed by atoms with Crippen molar-refractivity contribution in [2.24, 2.45) is 5.92 Å². The number of hydrogen-bond acceptors (Lipinski definition) is 5. The highest BCUT2D eigenvalue weighted by molar-refractivity contribution is 6.04. The second-order valence-electron chi connectivity index (χ2n) is 6.66. The summed E-state index contributed by atoms with van der Waals surface area (Å²) in [6.45, 7) is 3.63. The summed E-state index contributed by atoms with van der Waals surface area (Å²) >= 11 is 0. The molecule has 29 heavy (non-hydrogen) atoms. The molecule has 3 rings (SSSR count). The molecule has 1 aliphatic rings. The molecule has 154 valence electrons. The highest BCUT2D eigenvalue weighted by Crippen LogP contribution is 2.33. The van der Waals surface area contributed by atoms with Gasteiger partial charge in [0, 0.05) is 31.8 Å². The number of ether oxygens (including phenoxy) is 3. The van der Waals surface area contributed by atoms with Crippen molar-refractivity contribution in [3.05, 3.63) is 48.5 Å². The fraction of sp³-hybridized carbons (Fsp3) is 0.364. The van der Waals surface area contributed by atoms with Crippen LogP contribution in [0.3, 0.4) is 0 Å². The molecule has 1 unspecified atom stereocenters. The Balaban J connectivity index is 1.64. The zero-order chi connectivity index (χ0) is 20.6. The summed E-state index contributed by atoms with van der Waals surface area (Å²) < 4.78 is 16.2. The Morgan fingerprint density at radius 3 is 2.76 bits per heavy atom.